The van der Waals surface area contributed by atoms with Gasteiger partial charge in [-0.2, -0.15) is 0 Å². The number of amides is 1. The Labute approximate surface area is 125 Å². The molecule has 102 valence electrons. The van der Waals surface area contributed by atoms with Gasteiger partial charge in [0.15, 0.2) is 0 Å². The number of aliphatic carboxylic acids is 2. The lowest BCUT2D eigenvalue weighted by Crippen LogP contribution is -2.42. The standard InChI is InChI=1S/C11H9Br2NO5/c12-5-1-2-7(13)6(3-5)10(17)14-8(11(18)19)4-9(15)16/h1-3,8H,4H2,(H,14,17)(H,15,16)(H,18,19). The summed E-state index contributed by atoms with van der Waals surface area (Å²) in [5.41, 5.74) is 0.214. The van der Waals surface area contributed by atoms with E-state index in [1.165, 1.54) is 6.07 Å². The van der Waals surface area contributed by atoms with Gasteiger partial charge < -0.3 is 15.5 Å². The van der Waals surface area contributed by atoms with E-state index in [9.17, 15) is 14.4 Å². The molecule has 0 radical (unpaired) electrons. The van der Waals surface area contributed by atoms with Gasteiger partial charge in [0.25, 0.3) is 5.91 Å². The van der Waals surface area contributed by atoms with Gasteiger partial charge in [-0.05, 0) is 34.1 Å². The number of carboxylic acid groups (broad SMARTS) is 2. The Hall–Kier alpha value is -1.41. The summed E-state index contributed by atoms with van der Waals surface area (Å²) < 4.78 is 1.12. The Balaban J connectivity index is 2.90. The first kappa shape index (κ1) is 15.6. The van der Waals surface area contributed by atoms with Crippen molar-refractivity contribution in [2.45, 2.75) is 12.5 Å². The molecule has 8 heteroatoms. The molecule has 1 aromatic rings. The summed E-state index contributed by atoms with van der Waals surface area (Å²) in [7, 11) is 0. The number of carbonyl (C=O) groups excluding carboxylic acids is 1. The quantitative estimate of drug-likeness (QED) is 0.707. The van der Waals surface area contributed by atoms with E-state index in [-0.39, 0.29) is 5.56 Å². The second-order valence-electron chi connectivity index (χ2n) is 3.59. The predicted molar refractivity (Wildman–Crippen MR) is 73.0 cm³/mol. The Morgan fingerprint density at radius 2 is 1.84 bits per heavy atom. The third-order valence-corrected chi connectivity index (χ3v) is 3.34. The van der Waals surface area contributed by atoms with Crippen molar-refractivity contribution in [1.29, 1.82) is 0 Å². The van der Waals surface area contributed by atoms with Crippen LogP contribution in [0.3, 0.4) is 0 Å². The van der Waals surface area contributed by atoms with Gasteiger partial charge in [-0.25, -0.2) is 4.79 Å². The van der Waals surface area contributed by atoms with Gasteiger partial charge in [-0.15, -0.1) is 0 Å². The number of carboxylic acids is 2. The van der Waals surface area contributed by atoms with E-state index in [4.69, 9.17) is 10.2 Å². The highest BCUT2D eigenvalue weighted by atomic mass is 79.9. The van der Waals surface area contributed by atoms with Crippen molar-refractivity contribution in [2.75, 3.05) is 0 Å². The lowest BCUT2D eigenvalue weighted by Gasteiger charge is -2.13. The van der Waals surface area contributed by atoms with E-state index in [0.29, 0.717) is 8.95 Å². The normalized spacial score (nSPS) is 11.7. The zero-order valence-corrected chi connectivity index (χ0v) is 12.6. The van der Waals surface area contributed by atoms with E-state index >= 15 is 0 Å². The van der Waals surface area contributed by atoms with Gasteiger partial charge in [0.05, 0.1) is 12.0 Å². The number of halogens is 2. The van der Waals surface area contributed by atoms with Crippen LogP contribution < -0.4 is 5.32 Å². The first-order chi connectivity index (χ1) is 8.81. The third kappa shape index (κ3) is 4.64. The fourth-order valence-electron chi connectivity index (χ4n) is 1.28. The predicted octanol–water partition coefficient (Wildman–Crippen LogP) is 1.87. The van der Waals surface area contributed by atoms with Gasteiger partial charge in [0.2, 0.25) is 0 Å². The number of carbonyl (C=O) groups is 3. The average molecular weight is 395 g/mol. The number of benzene rings is 1. The maximum atomic E-state index is 11.9. The Bertz CT molecular complexity index is 532. The van der Waals surface area contributed by atoms with E-state index in [0.717, 1.165) is 0 Å². The van der Waals surface area contributed by atoms with Crippen LogP contribution in [0, 0.1) is 0 Å². The van der Waals surface area contributed by atoms with Crippen molar-refractivity contribution in [1.82, 2.24) is 5.32 Å². The average Bonchev–Trinajstić information content (AvgIpc) is 2.30. The molecular weight excluding hydrogens is 386 g/mol. The molecule has 0 fully saturated rings. The van der Waals surface area contributed by atoms with Crippen molar-refractivity contribution in [3.8, 4) is 0 Å². The van der Waals surface area contributed by atoms with Crippen molar-refractivity contribution < 1.29 is 24.6 Å². The van der Waals surface area contributed by atoms with Crippen LogP contribution in [-0.2, 0) is 9.59 Å². The van der Waals surface area contributed by atoms with Gasteiger partial charge in [0, 0.05) is 8.95 Å². The second kappa shape index (κ2) is 6.67. The van der Waals surface area contributed by atoms with Gasteiger partial charge in [0.1, 0.15) is 6.04 Å². The summed E-state index contributed by atoms with van der Waals surface area (Å²) in [4.78, 5) is 33.3. The molecule has 0 aliphatic heterocycles. The van der Waals surface area contributed by atoms with E-state index < -0.39 is 30.3 Å². The summed E-state index contributed by atoms with van der Waals surface area (Å²) in [6.07, 6.45) is -0.688. The Morgan fingerprint density at radius 1 is 1.21 bits per heavy atom. The van der Waals surface area contributed by atoms with E-state index in [2.05, 4.69) is 37.2 Å². The molecule has 0 aromatic heterocycles. The monoisotopic (exact) mass is 393 g/mol. The molecule has 0 saturated carbocycles. The minimum absolute atomic E-state index is 0.214. The minimum Gasteiger partial charge on any atom is -0.481 e. The first-order valence-electron chi connectivity index (χ1n) is 5.01. The molecule has 0 saturated heterocycles. The molecule has 0 spiro atoms. The molecule has 1 aromatic carbocycles. The first-order valence-corrected chi connectivity index (χ1v) is 6.60. The van der Waals surface area contributed by atoms with Crippen molar-refractivity contribution in [3.05, 3.63) is 32.7 Å². The highest BCUT2D eigenvalue weighted by Crippen LogP contribution is 2.21. The highest BCUT2D eigenvalue weighted by Gasteiger charge is 2.24. The van der Waals surface area contributed by atoms with Crippen molar-refractivity contribution in [3.63, 3.8) is 0 Å². The van der Waals surface area contributed by atoms with Crippen LogP contribution in [0.2, 0.25) is 0 Å². The molecular formula is C11H9Br2NO5. The fourth-order valence-corrected chi connectivity index (χ4v) is 2.07. The molecule has 1 rings (SSSR count). The van der Waals surface area contributed by atoms with Crippen LogP contribution >= 0.6 is 31.9 Å². The molecule has 0 heterocycles. The van der Waals surface area contributed by atoms with Crippen LogP contribution in [0.15, 0.2) is 27.1 Å². The van der Waals surface area contributed by atoms with Crippen LogP contribution in [0.4, 0.5) is 0 Å². The lowest BCUT2D eigenvalue weighted by molar-refractivity contribution is -0.145. The largest absolute Gasteiger partial charge is 0.481 e. The summed E-state index contributed by atoms with van der Waals surface area (Å²) in [6, 6.07) is 3.34. The smallest absolute Gasteiger partial charge is 0.326 e. The zero-order valence-electron chi connectivity index (χ0n) is 9.39. The van der Waals surface area contributed by atoms with Crippen molar-refractivity contribution in [2.24, 2.45) is 0 Å². The SMILES string of the molecule is O=C(O)CC(NC(=O)c1cc(Br)ccc1Br)C(=O)O. The Morgan fingerprint density at radius 3 is 2.37 bits per heavy atom. The molecule has 1 unspecified atom stereocenters. The number of hydrogen-bond acceptors (Lipinski definition) is 3. The van der Waals surface area contributed by atoms with Crippen LogP contribution in [0.1, 0.15) is 16.8 Å². The van der Waals surface area contributed by atoms with Crippen LogP contribution in [0.5, 0.6) is 0 Å². The summed E-state index contributed by atoms with van der Waals surface area (Å²) in [5, 5.41) is 19.6. The molecule has 0 bridgehead atoms. The number of hydrogen-bond donors (Lipinski definition) is 3. The second-order valence-corrected chi connectivity index (χ2v) is 5.36. The molecule has 1 atom stereocenters. The van der Waals surface area contributed by atoms with Crippen LogP contribution in [0.25, 0.3) is 0 Å². The highest BCUT2D eigenvalue weighted by molar-refractivity contribution is 9.11. The van der Waals surface area contributed by atoms with Gasteiger partial charge in [-0.3, -0.25) is 9.59 Å². The number of rotatable bonds is 5. The molecule has 3 N–H and O–H groups in total. The molecule has 19 heavy (non-hydrogen) atoms. The summed E-state index contributed by atoms with van der Waals surface area (Å²) in [5.74, 6) is -3.37. The maximum absolute atomic E-state index is 11.9. The summed E-state index contributed by atoms with van der Waals surface area (Å²) in [6.45, 7) is 0. The lowest BCUT2D eigenvalue weighted by atomic mass is 10.1. The van der Waals surface area contributed by atoms with Crippen LogP contribution in [-0.4, -0.2) is 34.1 Å². The van der Waals surface area contributed by atoms with Gasteiger partial charge >= 0.3 is 11.9 Å². The molecule has 0 aliphatic rings. The topological polar surface area (TPSA) is 104 Å². The molecule has 0 aliphatic carbocycles. The van der Waals surface area contributed by atoms with Gasteiger partial charge in [-0.1, -0.05) is 15.9 Å². The number of nitrogens with one attached hydrogen (secondary N) is 1. The Kier molecular flexibility index (Phi) is 5.49. The molecule has 1 amide bonds. The maximum Gasteiger partial charge on any atom is 0.326 e. The summed E-state index contributed by atoms with van der Waals surface area (Å²) >= 11 is 6.35. The van der Waals surface area contributed by atoms with E-state index in [1.807, 2.05) is 0 Å². The zero-order chi connectivity index (χ0) is 14.6. The van der Waals surface area contributed by atoms with Crippen molar-refractivity contribution >= 4 is 49.7 Å². The minimum atomic E-state index is -1.48. The third-order valence-electron chi connectivity index (χ3n) is 2.16. The molecule has 6 nitrogen and oxygen atoms in total. The van der Waals surface area contributed by atoms with E-state index in [1.54, 1.807) is 12.1 Å². The fraction of sp³-hybridized carbons (Fsp3) is 0.182.